The van der Waals surface area contributed by atoms with Crippen molar-refractivity contribution < 1.29 is 9.53 Å². The summed E-state index contributed by atoms with van der Waals surface area (Å²) in [6.07, 6.45) is 10.6. The molecule has 0 aromatic rings. The minimum atomic E-state index is -0.843. The van der Waals surface area contributed by atoms with Gasteiger partial charge in [0, 0.05) is 4.91 Å². The molecule has 1 aliphatic carbocycles. The van der Waals surface area contributed by atoms with Crippen LogP contribution in [0, 0.1) is 36.5 Å². The molecular weight excluding hydrogens is 218 g/mol. The molecule has 1 saturated carbocycles. The molecule has 0 amide bonds. The van der Waals surface area contributed by atoms with Gasteiger partial charge in [-0.05, 0) is 49.0 Å². The van der Waals surface area contributed by atoms with Crippen molar-refractivity contribution in [3.63, 3.8) is 0 Å². The van der Waals surface area contributed by atoms with Crippen molar-refractivity contribution in [1.29, 1.82) is 0 Å². The van der Waals surface area contributed by atoms with Crippen molar-refractivity contribution in [1.82, 2.24) is 0 Å². The normalized spacial score (nSPS) is 12.9. The molecule has 1 aliphatic rings. The van der Waals surface area contributed by atoms with E-state index in [2.05, 4.69) is 33.7 Å². The van der Waals surface area contributed by atoms with E-state index >= 15 is 0 Å². The second kappa shape index (κ2) is 7.71. The second-order valence-corrected chi connectivity index (χ2v) is 2.98. The molecule has 0 atom stereocenters. The summed E-state index contributed by atoms with van der Waals surface area (Å²) < 4.78 is 4.72. The molecule has 0 unspecified atom stereocenters. The van der Waals surface area contributed by atoms with E-state index in [0.717, 1.165) is 0 Å². The number of hydrogen-bond donors (Lipinski definition) is 0. The number of hydrogen-bond acceptors (Lipinski definition) is 3. The first-order valence-corrected chi connectivity index (χ1v) is 4.81. The number of esters is 1. The van der Waals surface area contributed by atoms with Crippen molar-refractivity contribution in [2.45, 2.75) is 25.3 Å². The summed E-state index contributed by atoms with van der Waals surface area (Å²) in [6.45, 7) is 2.06. The predicted molar refractivity (Wildman–Crippen MR) is 63.2 cm³/mol. The van der Waals surface area contributed by atoms with E-state index in [1.165, 1.54) is 0 Å². The molecular formula is C12H11N3O2. The molecule has 0 heterocycles. The molecule has 0 bridgehead atoms. The zero-order chi connectivity index (χ0) is 13.1. The first-order chi connectivity index (χ1) is 8.16. The van der Waals surface area contributed by atoms with Crippen molar-refractivity contribution in [3.05, 3.63) is 10.4 Å². The van der Waals surface area contributed by atoms with Crippen molar-refractivity contribution in [2.75, 3.05) is 6.61 Å². The van der Waals surface area contributed by atoms with E-state index in [4.69, 9.17) is 23.1 Å². The van der Waals surface area contributed by atoms with Gasteiger partial charge in [0.2, 0.25) is 0 Å². The Morgan fingerprint density at radius 1 is 1.47 bits per heavy atom. The lowest BCUT2D eigenvalue weighted by atomic mass is 10.3. The minimum Gasteiger partial charge on any atom is -0.465 e. The SMILES string of the molecule is C#CC#CC#C.CCOC(=O)C1(N=[N+]=[N-])CC1. The van der Waals surface area contributed by atoms with Crippen molar-refractivity contribution in [2.24, 2.45) is 5.11 Å². The maximum atomic E-state index is 11.0. The molecule has 0 aromatic heterocycles. The highest BCUT2D eigenvalue weighted by atomic mass is 16.5. The summed E-state index contributed by atoms with van der Waals surface area (Å²) in [6, 6.07) is 0. The highest BCUT2D eigenvalue weighted by Gasteiger charge is 2.50. The molecule has 0 N–H and O–H groups in total. The van der Waals surface area contributed by atoms with Crippen molar-refractivity contribution in [3.8, 4) is 36.5 Å². The smallest absolute Gasteiger partial charge is 0.318 e. The van der Waals surface area contributed by atoms with Crippen LogP contribution in [0.2, 0.25) is 0 Å². The highest BCUT2D eigenvalue weighted by Crippen LogP contribution is 2.40. The van der Waals surface area contributed by atoms with Crippen molar-refractivity contribution >= 4 is 5.97 Å². The first-order valence-electron chi connectivity index (χ1n) is 4.81. The lowest BCUT2D eigenvalue weighted by Crippen LogP contribution is -2.22. The molecule has 5 heteroatoms. The van der Waals surface area contributed by atoms with Gasteiger partial charge in [-0.1, -0.05) is 5.11 Å². The second-order valence-electron chi connectivity index (χ2n) is 2.98. The van der Waals surface area contributed by atoms with E-state index in [9.17, 15) is 4.79 Å². The van der Waals surface area contributed by atoms with Gasteiger partial charge >= 0.3 is 5.97 Å². The molecule has 86 valence electrons. The Labute approximate surface area is 100 Å². The first kappa shape index (κ1) is 14.5. The van der Waals surface area contributed by atoms with Crippen LogP contribution < -0.4 is 0 Å². The summed E-state index contributed by atoms with van der Waals surface area (Å²) in [5.41, 5.74) is 7.27. The standard InChI is InChI=1S/C6H9N3O2.C6H2/c1-2-11-5(10)6(3-4-6)8-9-7;1-3-5-6-4-2/h2-4H2,1H3;1-2H. The molecule has 17 heavy (non-hydrogen) atoms. The Morgan fingerprint density at radius 2 is 2.00 bits per heavy atom. The average Bonchev–Trinajstić information content (AvgIpc) is 3.09. The zero-order valence-electron chi connectivity index (χ0n) is 9.43. The third-order valence-electron chi connectivity index (χ3n) is 1.82. The van der Waals surface area contributed by atoms with Crippen LogP contribution in [-0.4, -0.2) is 18.1 Å². The number of ether oxygens (including phenoxy) is 1. The van der Waals surface area contributed by atoms with Gasteiger partial charge in [0.05, 0.1) is 6.61 Å². The van der Waals surface area contributed by atoms with Crippen LogP contribution in [-0.2, 0) is 9.53 Å². The van der Waals surface area contributed by atoms with E-state index in [1.807, 2.05) is 0 Å². The molecule has 0 aromatic carbocycles. The number of rotatable bonds is 3. The molecule has 5 nitrogen and oxygen atoms in total. The largest absolute Gasteiger partial charge is 0.465 e. The van der Waals surface area contributed by atoms with Crippen LogP contribution in [0.25, 0.3) is 10.4 Å². The Kier molecular flexibility index (Phi) is 6.56. The number of carbonyl (C=O) groups excluding carboxylic acids is 1. The van der Waals surface area contributed by atoms with E-state index in [-0.39, 0.29) is 0 Å². The third kappa shape index (κ3) is 5.19. The summed E-state index contributed by atoms with van der Waals surface area (Å²) in [7, 11) is 0. The topological polar surface area (TPSA) is 75.1 Å². The van der Waals surface area contributed by atoms with Crippen LogP contribution >= 0.6 is 0 Å². The molecule has 0 spiro atoms. The Morgan fingerprint density at radius 3 is 2.29 bits per heavy atom. The van der Waals surface area contributed by atoms with Crippen LogP contribution in [0.4, 0.5) is 0 Å². The Hall–Kier alpha value is -2.54. The van der Waals surface area contributed by atoms with Gasteiger partial charge in [-0.15, -0.1) is 12.8 Å². The lowest BCUT2D eigenvalue weighted by Gasteiger charge is -2.05. The fourth-order valence-electron chi connectivity index (χ4n) is 0.887. The highest BCUT2D eigenvalue weighted by molar-refractivity contribution is 5.84. The molecule has 0 saturated heterocycles. The zero-order valence-corrected chi connectivity index (χ0v) is 9.43. The summed E-state index contributed by atoms with van der Waals surface area (Å²) in [4.78, 5) is 13.6. The molecule has 0 aliphatic heterocycles. The van der Waals surface area contributed by atoms with Gasteiger partial charge < -0.3 is 4.74 Å². The third-order valence-corrected chi connectivity index (χ3v) is 1.82. The summed E-state index contributed by atoms with van der Waals surface area (Å²) in [5, 5.41) is 3.39. The van der Waals surface area contributed by atoms with Crippen LogP contribution in [0.5, 0.6) is 0 Å². The monoisotopic (exact) mass is 229 g/mol. The predicted octanol–water partition coefficient (Wildman–Crippen LogP) is 1.65. The van der Waals surface area contributed by atoms with Crippen LogP contribution in [0.1, 0.15) is 19.8 Å². The molecule has 0 radical (unpaired) electrons. The number of carbonyl (C=O) groups is 1. The van der Waals surface area contributed by atoms with Gasteiger partial charge in [-0.25, -0.2) is 0 Å². The Balaban J connectivity index is 0.000000366. The summed E-state index contributed by atoms with van der Waals surface area (Å²) in [5.74, 6) is 8.22. The van der Waals surface area contributed by atoms with Gasteiger partial charge in [0.1, 0.15) is 5.54 Å². The van der Waals surface area contributed by atoms with E-state index < -0.39 is 11.5 Å². The van der Waals surface area contributed by atoms with Gasteiger partial charge in [0.15, 0.2) is 0 Å². The quantitative estimate of drug-likeness (QED) is 0.242. The van der Waals surface area contributed by atoms with Crippen LogP contribution in [0.15, 0.2) is 5.11 Å². The Bertz CT molecular complexity index is 443. The fourth-order valence-corrected chi connectivity index (χ4v) is 0.887. The van der Waals surface area contributed by atoms with Gasteiger partial charge in [-0.2, -0.15) is 0 Å². The maximum Gasteiger partial charge on any atom is 0.318 e. The maximum absolute atomic E-state index is 11.0. The number of nitrogens with zero attached hydrogens (tertiary/aromatic N) is 3. The summed E-state index contributed by atoms with van der Waals surface area (Å²) >= 11 is 0. The molecule has 1 fully saturated rings. The van der Waals surface area contributed by atoms with E-state index in [1.54, 1.807) is 6.92 Å². The lowest BCUT2D eigenvalue weighted by molar-refractivity contribution is -0.145. The average molecular weight is 229 g/mol. The minimum absolute atomic E-state index is 0.335. The molecule has 1 rings (SSSR count). The van der Waals surface area contributed by atoms with E-state index in [0.29, 0.717) is 19.4 Å². The number of azide groups is 1. The fraction of sp³-hybridized carbons (Fsp3) is 0.417. The number of terminal acetylenes is 2. The van der Waals surface area contributed by atoms with Gasteiger partial charge in [-0.3, -0.25) is 4.79 Å². The van der Waals surface area contributed by atoms with Gasteiger partial charge in [0.25, 0.3) is 0 Å². The van der Waals surface area contributed by atoms with Crippen LogP contribution in [0.3, 0.4) is 0 Å².